The number of halogens is 1. The van der Waals surface area contributed by atoms with Crippen LogP contribution >= 0.6 is 15.9 Å². The Hall–Kier alpha value is -1.30. The maximum atomic E-state index is 5.82. The largest absolute Gasteiger partial charge is 0.383 e. The minimum Gasteiger partial charge on any atom is -0.383 e. The normalized spacial score (nSPS) is 19.2. The van der Waals surface area contributed by atoms with Crippen LogP contribution < -0.4 is 5.73 Å². The lowest BCUT2D eigenvalue weighted by atomic mass is 10.1. The molecule has 1 aliphatic rings. The number of aromatic nitrogens is 1. The summed E-state index contributed by atoms with van der Waals surface area (Å²) in [5.74, 6) is 0.494. The lowest BCUT2D eigenvalue weighted by Crippen LogP contribution is -2.14. The van der Waals surface area contributed by atoms with Crippen molar-refractivity contribution in [2.45, 2.75) is 25.9 Å². The van der Waals surface area contributed by atoms with Crippen molar-refractivity contribution >= 4 is 28.0 Å². The quantitative estimate of drug-likeness (QED) is 0.846. The predicted octanol–water partition coefficient (Wildman–Crippen LogP) is 2.34. The minimum atomic E-state index is -0.132. The van der Waals surface area contributed by atoms with E-state index in [0.29, 0.717) is 11.9 Å². The van der Waals surface area contributed by atoms with Crippen LogP contribution in [0.2, 0.25) is 0 Å². The van der Waals surface area contributed by atoms with Gasteiger partial charge in [-0.1, -0.05) is 0 Å². The van der Waals surface area contributed by atoms with Crippen molar-refractivity contribution in [2.24, 2.45) is 10.3 Å². The molecule has 2 rings (SSSR count). The SMILES string of the molecule is CC(C)[N+]1=CC(c2cc(Br)cnc2N)N=N1. The molecule has 0 saturated carbocycles. The van der Waals surface area contributed by atoms with Crippen molar-refractivity contribution < 1.29 is 4.68 Å². The Morgan fingerprint density at radius 2 is 2.25 bits per heavy atom. The minimum absolute atomic E-state index is 0.132. The fraction of sp³-hybridized carbons (Fsp3) is 0.400. The van der Waals surface area contributed by atoms with Crippen molar-refractivity contribution in [3.05, 3.63) is 22.3 Å². The second-order valence-corrected chi connectivity index (χ2v) is 4.82. The van der Waals surface area contributed by atoms with E-state index >= 15 is 0 Å². The zero-order valence-corrected chi connectivity index (χ0v) is 10.7. The van der Waals surface area contributed by atoms with Crippen molar-refractivity contribution in [3.8, 4) is 0 Å². The highest BCUT2D eigenvalue weighted by Crippen LogP contribution is 2.26. The van der Waals surface area contributed by atoms with Crippen LogP contribution in [0.3, 0.4) is 0 Å². The zero-order chi connectivity index (χ0) is 11.7. The van der Waals surface area contributed by atoms with E-state index in [9.17, 15) is 0 Å². The summed E-state index contributed by atoms with van der Waals surface area (Å²) in [6.07, 6.45) is 3.62. The van der Waals surface area contributed by atoms with Gasteiger partial charge in [0.2, 0.25) is 0 Å². The average Bonchev–Trinajstić information content (AvgIpc) is 2.70. The number of rotatable bonds is 2. The molecule has 0 spiro atoms. The topological polar surface area (TPSA) is 66.6 Å². The maximum absolute atomic E-state index is 5.82. The van der Waals surface area contributed by atoms with Crippen LogP contribution in [0, 0.1) is 0 Å². The van der Waals surface area contributed by atoms with Crippen molar-refractivity contribution in [1.29, 1.82) is 0 Å². The molecule has 0 bridgehead atoms. The summed E-state index contributed by atoms with van der Waals surface area (Å²) in [5.41, 5.74) is 6.69. The lowest BCUT2D eigenvalue weighted by Gasteiger charge is -2.02. The van der Waals surface area contributed by atoms with Crippen LogP contribution in [0.1, 0.15) is 25.5 Å². The fourth-order valence-corrected chi connectivity index (χ4v) is 1.79. The Balaban J connectivity index is 2.34. The van der Waals surface area contributed by atoms with E-state index in [1.165, 1.54) is 0 Å². The Kier molecular flexibility index (Phi) is 3.00. The summed E-state index contributed by atoms with van der Waals surface area (Å²) in [7, 11) is 0. The fourth-order valence-electron chi connectivity index (χ4n) is 1.44. The van der Waals surface area contributed by atoms with Crippen LogP contribution in [0.15, 0.2) is 27.1 Å². The first kappa shape index (κ1) is 11.2. The van der Waals surface area contributed by atoms with Gasteiger partial charge in [0.05, 0.1) is 5.56 Å². The Bertz CT molecular complexity index is 466. The molecule has 0 saturated heterocycles. The highest BCUT2D eigenvalue weighted by Gasteiger charge is 2.27. The van der Waals surface area contributed by atoms with Gasteiger partial charge in [0.15, 0.2) is 0 Å². The molecule has 2 N–H and O–H groups in total. The van der Waals surface area contributed by atoms with E-state index in [0.717, 1.165) is 10.0 Å². The molecule has 1 aromatic rings. The monoisotopic (exact) mass is 282 g/mol. The second-order valence-electron chi connectivity index (χ2n) is 3.90. The molecule has 0 aliphatic carbocycles. The molecule has 0 amide bonds. The Morgan fingerprint density at radius 1 is 1.50 bits per heavy atom. The van der Waals surface area contributed by atoms with Crippen molar-refractivity contribution in [1.82, 2.24) is 4.98 Å². The number of nitrogen functional groups attached to an aromatic ring is 1. The van der Waals surface area contributed by atoms with Crippen LogP contribution in [-0.4, -0.2) is 21.9 Å². The third-order valence-electron chi connectivity index (χ3n) is 2.34. The highest BCUT2D eigenvalue weighted by molar-refractivity contribution is 9.10. The molecule has 6 heteroatoms. The standard InChI is InChI=1S/C10H13BrN5/c1-6(2)16-5-9(14-15-16)8-3-7(11)4-13-10(8)12/h3-6,9H,1-2H3,(H2,12,13)/q+1. The number of anilines is 1. The smallest absolute Gasteiger partial charge is 0.251 e. The summed E-state index contributed by atoms with van der Waals surface area (Å²) in [6.45, 7) is 4.11. The van der Waals surface area contributed by atoms with Crippen molar-refractivity contribution in [2.75, 3.05) is 5.73 Å². The number of hydrogen-bond donors (Lipinski definition) is 1. The van der Waals surface area contributed by atoms with E-state index in [2.05, 4.69) is 45.1 Å². The molecule has 5 nitrogen and oxygen atoms in total. The van der Waals surface area contributed by atoms with Gasteiger partial charge in [-0.2, -0.15) is 0 Å². The first-order chi connectivity index (χ1) is 7.58. The molecule has 84 valence electrons. The number of pyridine rings is 1. The van der Waals surface area contributed by atoms with Gasteiger partial charge in [0, 0.05) is 15.8 Å². The molecule has 1 atom stereocenters. The molecular formula is C10H13BrN5+. The molecule has 1 aromatic heterocycles. The third-order valence-corrected chi connectivity index (χ3v) is 2.77. The molecule has 0 aromatic carbocycles. The third kappa shape index (κ3) is 2.11. The summed E-state index contributed by atoms with van der Waals surface area (Å²) in [4.78, 5) is 4.08. The van der Waals surface area contributed by atoms with Gasteiger partial charge in [-0.25, -0.2) is 4.98 Å². The number of hydrogen-bond acceptors (Lipinski definition) is 4. The Labute approximate surface area is 102 Å². The number of nitrogens with zero attached hydrogens (tertiary/aromatic N) is 4. The van der Waals surface area contributed by atoms with Crippen LogP contribution in [0.25, 0.3) is 0 Å². The first-order valence-electron chi connectivity index (χ1n) is 5.03. The van der Waals surface area contributed by atoms with E-state index < -0.39 is 0 Å². The van der Waals surface area contributed by atoms with Gasteiger partial charge < -0.3 is 5.73 Å². The summed E-state index contributed by atoms with van der Waals surface area (Å²) < 4.78 is 2.72. The van der Waals surface area contributed by atoms with Gasteiger partial charge in [0.25, 0.3) is 6.04 Å². The van der Waals surface area contributed by atoms with E-state index in [-0.39, 0.29) is 6.04 Å². The van der Waals surface area contributed by atoms with Gasteiger partial charge in [-0.3, -0.25) is 0 Å². The zero-order valence-electron chi connectivity index (χ0n) is 9.13. The molecule has 1 unspecified atom stereocenters. The molecular weight excluding hydrogens is 270 g/mol. The van der Waals surface area contributed by atoms with Gasteiger partial charge in [-0.15, -0.1) is 4.68 Å². The van der Waals surface area contributed by atoms with E-state index in [4.69, 9.17) is 5.73 Å². The van der Waals surface area contributed by atoms with Gasteiger partial charge >= 0.3 is 0 Å². The predicted molar refractivity (Wildman–Crippen MR) is 65.4 cm³/mol. The molecule has 16 heavy (non-hydrogen) atoms. The molecule has 0 radical (unpaired) electrons. The summed E-state index contributed by atoms with van der Waals surface area (Å²) >= 11 is 3.37. The van der Waals surface area contributed by atoms with Crippen LogP contribution in [0.5, 0.6) is 0 Å². The van der Waals surface area contributed by atoms with Crippen LogP contribution in [0.4, 0.5) is 5.82 Å². The first-order valence-corrected chi connectivity index (χ1v) is 5.82. The maximum Gasteiger partial charge on any atom is 0.251 e. The van der Waals surface area contributed by atoms with Crippen molar-refractivity contribution in [3.63, 3.8) is 0 Å². The Morgan fingerprint density at radius 3 is 2.88 bits per heavy atom. The van der Waals surface area contributed by atoms with E-state index in [1.807, 2.05) is 17.0 Å². The van der Waals surface area contributed by atoms with Gasteiger partial charge in [0.1, 0.15) is 23.3 Å². The second kappa shape index (κ2) is 4.29. The van der Waals surface area contributed by atoms with E-state index in [1.54, 1.807) is 6.20 Å². The molecule has 1 aliphatic heterocycles. The molecule has 0 fully saturated rings. The molecule has 2 heterocycles. The van der Waals surface area contributed by atoms with Crippen LogP contribution in [-0.2, 0) is 0 Å². The lowest BCUT2D eigenvalue weighted by molar-refractivity contribution is -0.562. The summed E-state index contributed by atoms with van der Waals surface area (Å²) in [6, 6.07) is 2.09. The van der Waals surface area contributed by atoms with Gasteiger partial charge in [-0.05, 0) is 35.8 Å². The average molecular weight is 283 g/mol. The number of nitrogens with two attached hydrogens (primary N) is 1. The summed E-state index contributed by atoms with van der Waals surface area (Å²) in [5, 5.41) is 8.23. The highest BCUT2D eigenvalue weighted by atomic mass is 79.9.